The number of rotatable bonds is 2. The number of carbonyl (C=O) groups is 1. The van der Waals surface area contributed by atoms with Crippen molar-refractivity contribution < 1.29 is 9.90 Å². The van der Waals surface area contributed by atoms with Crippen molar-refractivity contribution in [3.63, 3.8) is 0 Å². The minimum atomic E-state index is -1.03. The van der Waals surface area contributed by atoms with Gasteiger partial charge in [0.25, 0.3) is 5.56 Å². The molecule has 0 atom stereocenters. The molecule has 4 nitrogen and oxygen atoms in total. The molecule has 0 saturated heterocycles. The number of carboxylic acid groups (broad SMARTS) is 1. The van der Waals surface area contributed by atoms with Crippen LogP contribution >= 0.6 is 15.9 Å². The lowest BCUT2D eigenvalue weighted by Crippen LogP contribution is -2.24. The average molecular weight is 336 g/mol. The number of benzene rings is 1. The van der Waals surface area contributed by atoms with Crippen LogP contribution in [0.3, 0.4) is 0 Å². The van der Waals surface area contributed by atoms with Crippen LogP contribution in [-0.2, 0) is 0 Å². The molecule has 1 aromatic heterocycles. The van der Waals surface area contributed by atoms with Crippen molar-refractivity contribution in [2.75, 3.05) is 0 Å². The van der Waals surface area contributed by atoms with Crippen molar-refractivity contribution in [2.24, 2.45) is 0 Å². The first-order valence-corrected chi connectivity index (χ1v) is 6.85. The number of halogens is 1. The molecule has 20 heavy (non-hydrogen) atoms. The molecule has 0 aliphatic heterocycles. The highest BCUT2D eigenvalue weighted by Gasteiger charge is 2.16. The number of hydrogen-bond acceptors (Lipinski definition) is 2. The Kier molecular flexibility index (Phi) is 3.81. The van der Waals surface area contributed by atoms with Gasteiger partial charge < -0.3 is 5.11 Å². The lowest BCUT2D eigenvalue weighted by molar-refractivity contribution is 0.0694. The Hall–Kier alpha value is -1.88. The maximum absolute atomic E-state index is 12.2. The van der Waals surface area contributed by atoms with Crippen LogP contribution in [0.1, 0.15) is 27.2 Å². The van der Waals surface area contributed by atoms with E-state index < -0.39 is 5.97 Å². The zero-order valence-corrected chi connectivity index (χ0v) is 13.0. The molecule has 0 bridgehead atoms. The summed E-state index contributed by atoms with van der Waals surface area (Å²) in [5.74, 6) is -1.03. The van der Waals surface area contributed by atoms with Crippen LogP contribution < -0.4 is 5.56 Å². The first-order valence-electron chi connectivity index (χ1n) is 6.06. The van der Waals surface area contributed by atoms with E-state index in [1.807, 2.05) is 19.1 Å². The summed E-state index contributed by atoms with van der Waals surface area (Å²) in [6, 6.07) is 6.83. The molecule has 5 heteroatoms. The highest BCUT2D eigenvalue weighted by atomic mass is 79.9. The van der Waals surface area contributed by atoms with Gasteiger partial charge in [-0.3, -0.25) is 9.36 Å². The van der Waals surface area contributed by atoms with Gasteiger partial charge in [0.2, 0.25) is 0 Å². The molecule has 0 fully saturated rings. The van der Waals surface area contributed by atoms with E-state index in [0.29, 0.717) is 16.9 Å². The quantitative estimate of drug-likeness (QED) is 0.916. The summed E-state index contributed by atoms with van der Waals surface area (Å²) in [7, 11) is 0. The minimum Gasteiger partial charge on any atom is -0.478 e. The van der Waals surface area contributed by atoms with Crippen molar-refractivity contribution in [2.45, 2.75) is 20.8 Å². The molecule has 0 unspecified atom stereocenters. The molecule has 0 spiro atoms. The highest BCUT2D eigenvalue weighted by molar-refractivity contribution is 9.10. The zero-order chi connectivity index (χ0) is 15.0. The molecule has 0 aliphatic carbocycles. The van der Waals surface area contributed by atoms with Gasteiger partial charge in [-0.15, -0.1) is 0 Å². The fourth-order valence-corrected chi connectivity index (χ4v) is 2.54. The van der Waals surface area contributed by atoms with Gasteiger partial charge in [0, 0.05) is 21.9 Å². The van der Waals surface area contributed by atoms with E-state index >= 15 is 0 Å². The zero-order valence-electron chi connectivity index (χ0n) is 11.4. The molecule has 2 rings (SSSR count). The second kappa shape index (κ2) is 5.25. The molecule has 0 aliphatic rings. The maximum atomic E-state index is 12.2. The third kappa shape index (κ3) is 2.41. The molecule has 1 aromatic carbocycles. The largest absolute Gasteiger partial charge is 0.478 e. The molecule has 2 aromatic rings. The third-order valence-electron chi connectivity index (χ3n) is 3.27. The Labute approximate surface area is 124 Å². The Morgan fingerprint density at radius 3 is 2.35 bits per heavy atom. The van der Waals surface area contributed by atoms with Crippen LogP contribution in [0.5, 0.6) is 0 Å². The normalized spacial score (nSPS) is 10.6. The number of aromatic nitrogens is 1. The van der Waals surface area contributed by atoms with E-state index in [1.165, 1.54) is 10.6 Å². The molecular weight excluding hydrogens is 322 g/mol. The lowest BCUT2D eigenvalue weighted by atomic mass is 10.1. The summed E-state index contributed by atoms with van der Waals surface area (Å²) < 4.78 is 2.37. The predicted octanol–water partition coefficient (Wildman–Crippen LogP) is 3.22. The number of aryl methyl sites for hydroxylation is 2. The highest BCUT2D eigenvalue weighted by Crippen LogP contribution is 2.21. The SMILES string of the molecule is Cc1cc(-n2c(C)c(C(=O)O)c(C)cc2=O)ccc1Br. The lowest BCUT2D eigenvalue weighted by Gasteiger charge is -2.15. The van der Waals surface area contributed by atoms with E-state index in [0.717, 1.165) is 10.0 Å². The summed E-state index contributed by atoms with van der Waals surface area (Å²) in [5.41, 5.74) is 2.49. The molecular formula is C15H14BrNO3. The number of aromatic carboxylic acids is 1. The van der Waals surface area contributed by atoms with Gasteiger partial charge >= 0.3 is 5.97 Å². The van der Waals surface area contributed by atoms with Crippen LogP contribution in [0, 0.1) is 20.8 Å². The maximum Gasteiger partial charge on any atom is 0.337 e. The van der Waals surface area contributed by atoms with E-state index in [2.05, 4.69) is 15.9 Å². The standard InChI is InChI=1S/C15H14BrNO3/c1-8-6-11(4-5-12(8)16)17-10(3)14(15(19)20)9(2)7-13(17)18/h4-7H,1-3H3,(H,19,20). The smallest absolute Gasteiger partial charge is 0.337 e. The summed E-state index contributed by atoms with van der Waals surface area (Å²) in [5, 5.41) is 9.28. The van der Waals surface area contributed by atoms with E-state index in [4.69, 9.17) is 0 Å². The van der Waals surface area contributed by atoms with Gasteiger partial charge in [-0.2, -0.15) is 0 Å². The number of hydrogen-bond donors (Lipinski definition) is 1. The second-order valence-corrected chi connectivity index (χ2v) is 5.55. The van der Waals surface area contributed by atoms with E-state index in [-0.39, 0.29) is 11.1 Å². The van der Waals surface area contributed by atoms with Gasteiger partial charge in [-0.05, 0) is 50.1 Å². The first-order chi connectivity index (χ1) is 9.32. The molecule has 104 valence electrons. The van der Waals surface area contributed by atoms with Crippen molar-refractivity contribution in [3.05, 3.63) is 61.5 Å². The van der Waals surface area contributed by atoms with Crippen molar-refractivity contribution in [3.8, 4) is 5.69 Å². The minimum absolute atomic E-state index is 0.171. The third-order valence-corrected chi connectivity index (χ3v) is 4.16. The monoisotopic (exact) mass is 335 g/mol. The summed E-state index contributed by atoms with van der Waals surface area (Å²) in [4.78, 5) is 23.5. The van der Waals surface area contributed by atoms with Crippen LogP contribution in [0.25, 0.3) is 5.69 Å². The van der Waals surface area contributed by atoms with E-state index in [1.54, 1.807) is 19.9 Å². The number of pyridine rings is 1. The Balaban J connectivity index is 2.80. The average Bonchev–Trinajstić information content (AvgIpc) is 2.32. The fraction of sp³-hybridized carbons (Fsp3) is 0.200. The van der Waals surface area contributed by atoms with Gasteiger partial charge in [0.05, 0.1) is 5.56 Å². The fourth-order valence-electron chi connectivity index (χ4n) is 2.30. The van der Waals surface area contributed by atoms with Crippen molar-refractivity contribution >= 4 is 21.9 Å². The first kappa shape index (κ1) is 14.5. The van der Waals surface area contributed by atoms with Crippen LogP contribution in [0.15, 0.2) is 33.5 Å². The number of carboxylic acids is 1. The van der Waals surface area contributed by atoms with Gasteiger partial charge in [-0.1, -0.05) is 15.9 Å². The molecule has 1 N–H and O–H groups in total. The summed E-state index contributed by atoms with van der Waals surface area (Å²) in [6.45, 7) is 5.20. The molecule has 0 saturated carbocycles. The van der Waals surface area contributed by atoms with Crippen LogP contribution in [0.2, 0.25) is 0 Å². The van der Waals surface area contributed by atoms with Crippen LogP contribution in [-0.4, -0.2) is 15.6 Å². The summed E-state index contributed by atoms with van der Waals surface area (Å²) >= 11 is 3.41. The summed E-state index contributed by atoms with van der Waals surface area (Å²) in [6.07, 6.45) is 0. The van der Waals surface area contributed by atoms with Crippen molar-refractivity contribution in [1.82, 2.24) is 4.57 Å². The molecule has 0 radical (unpaired) electrons. The van der Waals surface area contributed by atoms with Gasteiger partial charge in [0.15, 0.2) is 0 Å². The van der Waals surface area contributed by atoms with Crippen molar-refractivity contribution in [1.29, 1.82) is 0 Å². The molecule has 0 amide bonds. The Bertz CT molecular complexity index is 762. The van der Waals surface area contributed by atoms with E-state index in [9.17, 15) is 14.7 Å². The molecule has 1 heterocycles. The van der Waals surface area contributed by atoms with Crippen LogP contribution in [0.4, 0.5) is 0 Å². The second-order valence-electron chi connectivity index (χ2n) is 4.70. The van der Waals surface area contributed by atoms with Gasteiger partial charge in [-0.25, -0.2) is 4.79 Å². The Morgan fingerprint density at radius 2 is 1.80 bits per heavy atom. The topological polar surface area (TPSA) is 59.3 Å². The van der Waals surface area contributed by atoms with Gasteiger partial charge in [0.1, 0.15) is 0 Å². The Morgan fingerprint density at radius 1 is 1.15 bits per heavy atom. The predicted molar refractivity (Wildman–Crippen MR) is 80.9 cm³/mol. The number of nitrogens with zero attached hydrogens (tertiary/aromatic N) is 1.